The number of methoxy groups -OCH3 is 1. The highest BCUT2D eigenvalue weighted by Crippen LogP contribution is 2.21. The highest BCUT2D eigenvalue weighted by atomic mass is 16.5. The molecule has 0 amide bonds. The van der Waals surface area contributed by atoms with E-state index >= 15 is 0 Å². The topological polar surface area (TPSA) is 76.8 Å². The zero-order chi connectivity index (χ0) is 18.4. The van der Waals surface area contributed by atoms with Crippen LogP contribution < -0.4 is 10.1 Å². The van der Waals surface area contributed by atoms with E-state index in [1.165, 1.54) is 0 Å². The Morgan fingerprint density at radius 2 is 2.35 bits per heavy atom. The second-order valence-electron chi connectivity index (χ2n) is 6.09. The molecule has 140 valence electrons. The summed E-state index contributed by atoms with van der Waals surface area (Å²) in [6.07, 6.45) is 3.85. The summed E-state index contributed by atoms with van der Waals surface area (Å²) in [5, 5.41) is 7.61. The lowest BCUT2D eigenvalue weighted by Gasteiger charge is -2.34. The molecule has 1 saturated heterocycles. The van der Waals surface area contributed by atoms with Crippen LogP contribution in [0.15, 0.2) is 35.6 Å². The smallest absolute Gasteiger partial charge is 0.213 e. The molecule has 0 radical (unpaired) electrons. The molecular weight excluding hydrogens is 332 g/mol. The maximum atomic E-state index is 5.92. The molecule has 2 aromatic rings. The van der Waals surface area contributed by atoms with Crippen LogP contribution >= 0.6 is 0 Å². The lowest BCUT2D eigenvalue weighted by molar-refractivity contribution is -0.00805. The third-order valence-electron chi connectivity index (χ3n) is 4.18. The van der Waals surface area contributed by atoms with Gasteiger partial charge in [0.05, 0.1) is 38.7 Å². The van der Waals surface area contributed by atoms with E-state index in [2.05, 4.69) is 27.2 Å². The van der Waals surface area contributed by atoms with Crippen molar-refractivity contribution in [3.63, 3.8) is 0 Å². The monoisotopic (exact) mass is 358 g/mol. The Balaban J connectivity index is 1.71. The Kier molecular flexibility index (Phi) is 6.06. The number of aryl methyl sites for hydroxylation is 1. The number of aliphatic imine (C=N–C) groups is 1. The zero-order valence-corrected chi connectivity index (χ0v) is 15.6. The van der Waals surface area contributed by atoms with Gasteiger partial charge in [0.2, 0.25) is 5.88 Å². The van der Waals surface area contributed by atoms with E-state index in [0.717, 1.165) is 36.9 Å². The summed E-state index contributed by atoms with van der Waals surface area (Å²) in [4.78, 5) is 11.4. The molecule has 0 spiro atoms. The van der Waals surface area contributed by atoms with Gasteiger partial charge in [-0.1, -0.05) is 6.07 Å². The number of hydrogen-bond donors (Lipinski definition) is 1. The van der Waals surface area contributed by atoms with Crippen LogP contribution in [-0.4, -0.2) is 59.0 Å². The average molecular weight is 358 g/mol. The maximum absolute atomic E-state index is 5.92. The molecule has 1 aliphatic rings. The standard InChI is InChI=1S/C18H26N6O2/c1-4-19-18(20-11-15-6-5-7-17(22-15)25-3)24-8-9-26-16(13-24)14-10-21-23(2)12-14/h5-7,10,12,16H,4,8-9,11,13H2,1-3H3,(H,19,20). The SMILES string of the molecule is CCNC(=NCc1cccc(OC)n1)N1CCOC(c2cnn(C)c2)C1. The first-order valence-corrected chi connectivity index (χ1v) is 8.83. The predicted molar refractivity (Wildman–Crippen MR) is 99.1 cm³/mol. The fraction of sp³-hybridized carbons (Fsp3) is 0.500. The molecule has 1 N–H and O–H groups in total. The van der Waals surface area contributed by atoms with Crippen molar-refractivity contribution in [3.05, 3.63) is 41.9 Å². The molecule has 8 nitrogen and oxygen atoms in total. The number of nitrogens with zero attached hydrogens (tertiary/aromatic N) is 5. The quantitative estimate of drug-likeness (QED) is 0.642. The molecule has 0 saturated carbocycles. The number of hydrogen-bond acceptors (Lipinski definition) is 5. The van der Waals surface area contributed by atoms with Gasteiger partial charge in [0.15, 0.2) is 5.96 Å². The first-order chi connectivity index (χ1) is 12.7. The summed E-state index contributed by atoms with van der Waals surface area (Å²) in [7, 11) is 3.53. The zero-order valence-electron chi connectivity index (χ0n) is 15.6. The van der Waals surface area contributed by atoms with E-state index in [-0.39, 0.29) is 6.10 Å². The molecular formula is C18H26N6O2. The maximum Gasteiger partial charge on any atom is 0.213 e. The molecule has 3 heterocycles. The number of guanidine groups is 1. The third-order valence-corrected chi connectivity index (χ3v) is 4.18. The highest BCUT2D eigenvalue weighted by Gasteiger charge is 2.25. The molecule has 1 aliphatic heterocycles. The van der Waals surface area contributed by atoms with Gasteiger partial charge in [0, 0.05) is 38.0 Å². The summed E-state index contributed by atoms with van der Waals surface area (Å²) in [5.41, 5.74) is 1.96. The van der Waals surface area contributed by atoms with Crippen LogP contribution in [0.2, 0.25) is 0 Å². The number of ether oxygens (including phenoxy) is 2. The van der Waals surface area contributed by atoms with Crippen molar-refractivity contribution in [1.82, 2.24) is 25.0 Å². The van der Waals surface area contributed by atoms with Crippen LogP contribution in [0.5, 0.6) is 5.88 Å². The summed E-state index contributed by atoms with van der Waals surface area (Å²) in [6.45, 7) is 5.56. The van der Waals surface area contributed by atoms with E-state index in [0.29, 0.717) is 19.0 Å². The van der Waals surface area contributed by atoms with Crippen molar-refractivity contribution in [1.29, 1.82) is 0 Å². The van der Waals surface area contributed by atoms with Gasteiger partial charge < -0.3 is 19.7 Å². The molecule has 0 bridgehead atoms. The van der Waals surface area contributed by atoms with Gasteiger partial charge in [0.25, 0.3) is 0 Å². The number of rotatable bonds is 5. The van der Waals surface area contributed by atoms with E-state index in [1.807, 2.05) is 37.6 Å². The van der Waals surface area contributed by atoms with E-state index in [1.54, 1.807) is 11.8 Å². The number of nitrogens with one attached hydrogen (secondary N) is 1. The van der Waals surface area contributed by atoms with Crippen molar-refractivity contribution < 1.29 is 9.47 Å². The molecule has 1 fully saturated rings. The number of pyridine rings is 1. The van der Waals surface area contributed by atoms with Crippen LogP contribution in [0.3, 0.4) is 0 Å². The second-order valence-corrected chi connectivity index (χ2v) is 6.09. The van der Waals surface area contributed by atoms with Crippen molar-refractivity contribution in [2.45, 2.75) is 19.6 Å². The third kappa shape index (κ3) is 4.51. The summed E-state index contributed by atoms with van der Waals surface area (Å²) in [6, 6.07) is 5.71. The fourth-order valence-corrected chi connectivity index (χ4v) is 2.89. The van der Waals surface area contributed by atoms with Gasteiger partial charge >= 0.3 is 0 Å². The summed E-state index contributed by atoms with van der Waals surface area (Å²) in [5.74, 6) is 1.47. The highest BCUT2D eigenvalue weighted by molar-refractivity contribution is 5.80. The molecule has 26 heavy (non-hydrogen) atoms. The van der Waals surface area contributed by atoms with Gasteiger partial charge in [-0.2, -0.15) is 5.10 Å². The van der Waals surface area contributed by atoms with Crippen molar-refractivity contribution in [3.8, 4) is 5.88 Å². The Bertz CT molecular complexity index is 745. The molecule has 1 atom stereocenters. The Morgan fingerprint density at radius 1 is 1.46 bits per heavy atom. The lowest BCUT2D eigenvalue weighted by Crippen LogP contribution is -2.48. The normalized spacial score (nSPS) is 18.0. The molecule has 0 aliphatic carbocycles. The molecule has 0 aromatic carbocycles. The second kappa shape index (κ2) is 8.66. The first-order valence-electron chi connectivity index (χ1n) is 8.83. The largest absolute Gasteiger partial charge is 0.481 e. The minimum absolute atomic E-state index is 0.00347. The van der Waals surface area contributed by atoms with E-state index in [4.69, 9.17) is 14.5 Å². The van der Waals surface area contributed by atoms with Gasteiger partial charge in [-0.25, -0.2) is 9.98 Å². The van der Waals surface area contributed by atoms with Crippen molar-refractivity contribution in [2.24, 2.45) is 12.0 Å². The Hall–Kier alpha value is -2.61. The van der Waals surface area contributed by atoms with Crippen LogP contribution in [-0.2, 0) is 18.3 Å². The van der Waals surface area contributed by atoms with E-state index < -0.39 is 0 Å². The summed E-state index contributed by atoms with van der Waals surface area (Å²) < 4.78 is 12.9. The van der Waals surface area contributed by atoms with Crippen LogP contribution in [0.4, 0.5) is 0 Å². The molecule has 3 rings (SSSR count). The Morgan fingerprint density at radius 3 is 3.08 bits per heavy atom. The average Bonchev–Trinajstić information content (AvgIpc) is 3.12. The first kappa shape index (κ1) is 18.2. The van der Waals surface area contributed by atoms with Gasteiger partial charge in [-0.05, 0) is 13.0 Å². The van der Waals surface area contributed by atoms with Gasteiger partial charge in [-0.15, -0.1) is 0 Å². The predicted octanol–water partition coefficient (Wildman–Crippen LogP) is 1.36. The van der Waals surface area contributed by atoms with Crippen molar-refractivity contribution >= 4 is 5.96 Å². The van der Waals surface area contributed by atoms with Gasteiger partial charge in [-0.3, -0.25) is 4.68 Å². The van der Waals surface area contributed by atoms with E-state index in [9.17, 15) is 0 Å². The van der Waals surface area contributed by atoms with Crippen molar-refractivity contribution in [2.75, 3.05) is 33.4 Å². The van der Waals surface area contributed by atoms with Crippen LogP contribution in [0.25, 0.3) is 0 Å². The molecule has 8 heteroatoms. The molecule has 1 unspecified atom stereocenters. The minimum Gasteiger partial charge on any atom is -0.481 e. The number of morpholine rings is 1. The van der Waals surface area contributed by atoms with Gasteiger partial charge in [0.1, 0.15) is 6.10 Å². The molecule has 2 aromatic heterocycles. The minimum atomic E-state index is -0.00347. The van der Waals surface area contributed by atoms with Crippen LogP contribution in [0.1, 0.15) is 24.3 Å². The number of aromatic nitrogens is 3. The van der Waals surface area contributed by atoms with Crippen LogP contribution in [0, 0.1) is 0 Å². The lowest BCUT2D eigenvalue weighted by atomic mass is 10.1. The fourth-order valence-electron chi connectivity index (χ4n) is 2.89. The summed E-state index contributed by atoms with van der Waals surface area (Å²) >= 11 is 0. The Labute approximate surface area is 153 Å².